The highest BCUT2D eigenvalue weighted by Crippen LogP contribution is 2.31. The first-order valence-corrected chi connectivity index (χ1v) is 6.64. The maximum atomic E-state index is 13.0. The Labute approximate surface area is 118 Å². The van der Waals surface area contributed by atoms with Crippen molar-refractivity contribution in [2.45, 2.75) is 19.1 Å². The van der Waals surface area contributed by atoms with Crippen LogP contribution >= 0.6 is 0 Å². The Balaban J connectivity index is 2.32. The van der Waals surface area contributed by atoms with Crippen molar-refractivity contribution >= 4 is 0 Å². The van der Waals surface area contributed by atoms with E-state index in [1.165, 1.54) is 12.1 Å². The number of hydrazine groups is 1. The lowest BCUT2D eigenvalue weighted by atomic mass is 9.96. The molecule has 0 bridgehead atoms. The lowest BCUT2D eigenvalue weighted by molar-refractivity contribution is 0.0326. The van der Waals surface area contributed by atoms with E-state index < -0.39 is 0 Å². The second-order valence-electron chi connectivity index (χ2n) is 4.48. The molecular weight excluding hydrogens is 255 g/mol. The second-order valence-corrected chi connectivity index (χ2v) is 4.48. The van der Waals surface area contributed by atoms with Crippen molar-refractivity contribution in [2.75, 3.05) is 6.61 Å². The van der Waals surface area contributed by atoms with Crippen molar-refractivity contribution in [3.8, 4) is 0 Å². The van der Waals surface area contributed by atoms with Gasteiger partial charge in [-0.05, 0) is 30.2 Å². The van der Waals surface area contributed by atoms with Crippen molar-refractivity contribution in [3.05, 3.63) is 71.5 Å². The van der Waals surface area contributed by atoms with E-state index in [1.807, 2.05) is 37.3 Å². The highest BCUT2D eigenvalue weighted by atomic mass is 19.1. The fraction of sp³-hybridized carbons (Fsp3) is 0.250. The number of rotatable bonds is 6. The van der Waals surface area contributed by atoms with Crippen LogP contribution in [0.5, 0.6) is 0 Å². The maximum Gasteiger partial charge on any atom is 0.123 e. The highest BCUT2D eigenvalue weighted by Gasteiger charge is 2.24. The normalized spacial score (nSPS) is 13.9. The van der Waals surface area contributed by atoms with Gasteiger partial charge in [0, 0.05) is 6.61 Å². The Morgan fingerprint density at radius 3 is 2.25 bits per heavy atom. The molecule has 0 aliphatic rings. The number of halogens is 1. The molecule has 3 nitrogen and oxygen atoms in total. The van der Waals surface area contributed by atoms with E-state index >= 15 is 0 Å². The predicted molar refractivity (Wildman–Crippen MR) is 77.3 cm³/mol. The van der Waals surface area contributed by atoms with E-state index in [4.69, 9.17) is 10.6 Å². The molecule has 2 unspecified atom stereocenters. The SMILES string of the molecule is CCOC(c1ccccc1)C(NN)c1ccc(F)cc1. The second kappa shape index (κ2) is 7.14. The van der Waals surface area contributed by atoms with E-state index in [2.05, 4.69) is 5.43 Å². The molecule has 0 saturated heterocycles. The summed E-state index contributed by atoms with van der Waals surface area (Å²) in [5, 5.41) is 0. The third-order valence-corrected chi connectivity index (χ3v) is 3.19. The number of benzene rings is 2. The van der Waals surface area contributed by atoms with Crippen LogP contribution < -0.4 is 11.3 Å². The van der Waals surface area contributed by atoms with Crippen LogP contribution in [-0.4, -0.2) is 6.61 Å². The van der Waals surface area contributed by atoms with Crippen LogP contribution in [0.15, 0.2) is 54.6 Å². The van der Waals surface area contributed by atoms with Crippen LogP contribution in [0, 0.1) is 5.82 Å². The maximum absolute atomic E-state index is 13.0. The largest absolute Gasteiger partial charge is 0.372 e. The van der Waals surface area contributed by atoms with Crippen LogP contribution in [0.1, 0.15) is 30.2 Å². The van der Waals surface area contributed by atoms with Gasteiger partial charge in [0.1, 0.15) is 11.9 Å². The summed E-state index contributed by atoms with van der Waals surface area (Å²) in [5.74, 6) is 5.42. The molecule has 0 amide bonds. The molecule has 3 N–H and O–H groups in total. The standard InChI is InChI=1S/C16H19FN2O/c1-2-20-16(13-6-4-3-5-7-13)15(19-18)12-8-10-14(17)11-9-12/h3-11,15-16,19H,2,18H2,1H3. The molecule has 0 aliphatic heterocycles. The van der Waals surface area contributed by atoms with Gasteiger partial charge >= 0.3 is 0 Å². The summed E-state index contributed by atoms with van der Waals surface area (Å²) in [6, 6.07) is 15.9. The van der Waals surface area contributed by atoms with E-state index in [0.29, 0.717) is 6.61 Å². The Bertz CT molecular complexity index is 516. The fourth-order valence-corrected chi connectivity index (χ4v) is 2.24. The zero-order chi connectivity index (χ0) is 14.4. The van der Waals surface area contributed by atoms with Crippen LogP contribution in [0.4, 0.5) is 4.39 Å². The average molecular weight is 274 g/mol. The Morgan fingerprint density at radius 2 is 1.70 bits per heavy atom. The highest BCUT2D eigenvalue weighted by molar-refractivity contribution is 5.26. The smallest absolute Gasteiger partial charge is 0.123 e. The quantitative estimate of drug-likeness (QED) is 0.628. The third-order valence-electron chi connectivity index (χ3n) is 3.19. The molecule has 2 rings (SSSR count). The summed E-state index contributed by atoms with van der Waals surface area (Å²) in [4.78, 5) is 0. The first kappa shape index (κ1) is 14.7. The molecule has 0 saturated carbocycles. The monoisotopic (exact) mass is 274 g/mol. The molecular formula is C16H19FN2O. The minimum atomic E-state index is -0.266. The summed E-state index contributed by atoms with van der Waals surface area (Å²) in [5.41, 5.74) is 4.69. The topological polar surface area (TPSA) is 47.3 Å². The van der Waals surface area contributed by atoms with Gasteiger partial charge in [-0.2, -0.15) is 0 Å². The van der Waals surface area contributed by atoms with Gasteiger partial charge in [0.05, 0.1) is 6.04 Å². The van der Waals surface area contributed by atoms with Crippen molar-refractivity contribution in [1.29, 1.82) is 0 Å². The van der Waals surface area contributed by atoms with Crippen LogP contribution in [0.2, 0.25) is 0 Å². The zero-order valence-electron chi connectivity index (χ0n) is 11.4. The minimum Gasteiger partial charge on any atom is -0.372 e. The summed E-state index contributed by atoms with van der Waals surface area (Å²) in [6.45, 7) is 2.51. The molecule has 4 heteroatoms. The van der Waals surface area contributed by atoms with Crippen LogP contribution in [0.3, 0.4) is 0 Å². The van der Waals surface area contributed by atoms with Crippen molar-refractivity contribution in [1.82, 2.24) is 5.43 Å². The fourth-order valence-electron chi connectivity index (χ4n) is 2.24. The van der Waals surface area contributed by atoms with E-state index in [1.54, 1.807) is 12.1 Å². The molecule has 0 aliphatic carbocycles. The van der Waals surface area contributed by atoms with Gasteiger partial charge in [0.15, 0.2) is 0 Å². The molecule has 0 radical (unpaired) electrons. The Kier molecular flexibility index (Phi) is 5.24. The molecule has 0 fully saturated rings. The summed E-state index contributed by atoms with van der Waals surface area (Å²) >= 11 is 0. The molecule has 106 valence electrons. The van der Waals surface area contributed by atoms with Crippen molar-refractivity contribution in [3.63, 3.8) is 0 Å². The molecule has 2 aromatic carbocycles. The predicted octanol–water partition coefficient (Wildman–Crippen LogP) is 3.11. The van der Waals surface area contributed by atoms with Crippen molar-refractivity contribution < 1.29 is 9.13 Å². The van der Waals surface area contributed by atoms with Crippen molar-refractivity contribution in [2.24, 2.45) is 5.84 Å². The van der Waals surface area contributed by atoms with E-state index in [0.717, 1.165) is 11.1 Å². The van der Waals surface area contributed by atoms with Gasteiger partial charge < -0.3 is 4.74 Å². The molecule has 2 aromatic rings. The lowest BCUT2D eigenvalue weighted by Crippen LogP contribution is -2.33. The van der Waals surface area contributed by atoms with Gasteiger partial charge in [-0.25, -0.2) is 4.39 Å². The number of nitrogens with one attached hydrogen (secondary N) is 1. The minimum absolute atomic E-state index is 0.225. The van der Waals surface area contributed by atoms with E-state index in [-0.39, 0.29) is 18.0 Å². The van der Waals surface area contributed by atoms with Gasteiger partial charge in [0.25, 0.3) is 0 Å². The number of nitrogens with two attached hydrogens (primary N) is 1. The average Bonchev–Trinajstić information content (AvgIpc) is 2.50. The lowest BCUT2D eigenvalue weighted by Gasteiger charge is -2.27. The number of hydrogen-bond acceptors (Lipinski definition) is 3. The molecule has 0 aromatic heterocycles. The summed E-state index contributed by atoms with van der Waals surface area (Å²) < 4.78 is 18.9. The molecule has 0 heterocycles. The zero-order valence-corrected chi connectivity index (χ0v) is 11.4. The van der Waals surface area contributed by atoms with E-state index in [9.17, 15) is 4.39 Å². The Morgan fingerprint density at radius 1 is 1.05 bits per heavy atom. The Hall–Kier alpha value is -1.75. The van der Waals surface area contributed by atoms with Gasteiger partial charge in [0.2, 0.25) is 0 Å². The number of hydrogen-bond donors (Lipinski definition) is 2. The summed E-state index contributed by atoms with van der Waals surface area (Å²) in [6.07, 6.45) is -0.225. The first-order chi connectivity index (χ1) is 9.76. The molecule has 20 heavy (non-hydrogen) atoms. The van der Waals surface area contributed by atoms with Crippen LogP contribution in [-0.2, 0) is 4.74 Å². The van der Waals surface area contributed by atoms with Crippen LogP contribution in [0.25, 0.3) is 0 Å². The molecule has 2 atom stereocenters. The number of ether oxygens (including phenoxy) is 1. The first-order valence-electron chi connectivity index (χ1n) is 6.64. The summed E-state index contributed by atoms with van der Waals surface area (Å²) in [7, 11) is 0. The molecule has 0 spiro atoms. The van der Waals surface area contributed by atoms with Gasteiger partial charge in [-0.1, -0.05) is 42.5 Å². The van der Waals surface area contributed by atoms with Gasteiger partial charge in [-0.3, -0.25) is 11.3 Å². The van der Waals surface area contributed by atoms with Gasteiger partial charge in [-0.15, -0.1) is 0 Å². The third kappa shape index (κ3) is 3.42.